The normalized spacial score (nSPS) is 28.0. The number of sulfonamides is 1. The first-order valence-electron chi connectivity index (χ1n) is 11.4. The van der Waals surface area contributed by atoms with E-state index in [1.54, 1.807) is 42.5 Å². The minimum atomic E-state index is -4.82. The highest BCUT2D eigenvalue weighted by atomic mass is 32.2. The minimum absolute atomic E-state index is 0.0949. The highest BCUT2D eigenvalue weighted by Crippen LogP contribution is 2.66. The number of fused-ring (bicyclic) bond motifs is 3. The van der Waals surface area contributed by atoms with Crippen LogP contribution in [0.3, 0.4) is 0 Å². The van der Waals surface area contributed by atoms with E-state index in [0.29, 0.717) is 37.4 Å². The molecule has 0 amide bonds. The van der Waals surface area contributed by atoms with Crippen LogP contribution in [0, 0.1) is 5.92 Å². The number of aliphatic hydroxyl groups excluding tert-OH is 1. The van der Waals surface area contributed by atoms with Crippen molar-refractivity contribution in [3.63, 3.8) is 0 Å². The second kappa shape index (κ2) is 8.99. The molecule has 1 aliphatic carbocycles. The predicted molar refractivity (Wildman–Crippen MR) is 124 cm³/mol. The van der Waals surface area contributed by atoms with E-state index >= 15 is 4.48 Å². The summed E-state index contributed by atoms with van der Waals surface area (Å²) in [6, 6.07) is 12.6. The van der Waals surface area contributed by atoms with Gasteiger partial charge < -0.3 is 14.9 Å². The molecular formula is C24H26FN3O6S. The van der Waals surface area contributed by atoms with Crippen LogP contribution in [0.1, 0.15) is 23.5 Å². The summed E-state index contributed by atoms with van der Waals surface area (Å²) in [7, 11) is -4.82. The molecule has 1 saturated heterocycles. The molecule has 3 aliphatic rings. The number of carbonyl (C=O) groups is 1. The zero-order valence-corrected chi connectivity index (χ0v) is 19.6. The lowest BCUT2D eigenvalue weighted by molar-refractivity contribution is -0.149. The maximum Gasteiger partial charge on any atom is 0.329 e. The molecule has 2 aliphatic heterocycles. The Morgan fingerprint density at radius 3 is 2.74 bits per heavy atom. The van der Waals surface area contributed by atoms with Crippen molar-refractivity contribution in [1.82, 2.24) is 15.0 Å². The van der Waals surface area contributed by atoms with Crippen molar-refractivity contribution in [2.75, 3.05) is 26.2 Å². The Bertz CT molecular complexity index is 1270. The summed E-state index contributed by atoms with van der Waals surface area (Å²) >= 11 is 0. The average Bonchev–Trinajstić information content (AvgIpc) is 3.39. The highest BCUT2D eigenvalue weighted by molar-refractivity contribution is 7.89. The van der Waals surface area contributed by atoms with Gasteiger partial charge in [0.25, 0.3) is 10.0 Å². The summed E-state index contributed by atoms with van der Waals surface area (Å²) in [6.07, 6.45) is 3.53. The molecule has 1 saturated carbocycles. The number of benzene rings is 2. The van der Waals surface area contributed by atoms with Crippen molar-refractivity contribution in [2.24, 2.45) is 5.92 Å². The third-order valence-corrected chi connectivity index (χ3v) is 8.59. The van der Waals surface area contributed by atoms with Gasteiger partial charge in [0.15, 0.2) is 5.54 Å². The van der Waals surface area contributed by atoms with E-state index < -0.39 is 37.9 Å². The van der Waals surface area contributed by atoms with Crippen LogP contribution in [0.4, 0.5) is 4.48 Å². The first kappa shape index (κ1) is 23.9. The molecule has 0 radical (unpaired) electrons. The van der Waals surface area contributed by atoms with Crippen LogP contribution in [-0.4, -0.2) is 72.0 Å². The maximum absolute atomic E-state index is 15.9. The standard InChI is InChI=1S/C24H26FN3O6S/c25-28(24(23(30)31)19-15-34-20-9-3-2-8-18(20)22(19)24)35(32,33)21-10-4-1-6-16(21)7-5-12-26-27-13-11-17(29)14-27/h1-10,17,19,22,26,29H,11-15H2,(H,30,31)/b7-5-/t17-,19?,22?,24?/m1/s1. The van der Waals surface area contributed by atoms with Crippen LogP contribution >= 0.6 is 0 Å². The van der Waals surface area contributed by atoms with Gasteiger partial charge in [0.05, 0.1) is 17.6 Å². The third-order valence-electron chi connectivity index (χ3n) is 6.94. The molecule has 11 heteroatoms. The molecule has 2 fully saturated rings. The number of β-amino-alcohol motifs (C(OH)–C–C–N with tert-alkyl or cyclic N) is 1. The van der Waals surface area contributed by atoms with Crippen molar-refractivity contribution < 1.29 is 32.6 Å². The summed E-state index contributed by atoms with van der Waals surface area (Å²) in [5.74, 6) is -2.82. The molecule has 0 spiro atoms. The van der Waals surface area contributed by atoms with Gasteiger partial charge in [0, 0.05) is 37.0 Å². The second-order valence-electron chi connectivity index (χ2n) is 8.97. The minimum Gasteiger partial charge on any atom is -0.493 e. The molecule has 5 rings (SSSR count). The Morgan fingerprint density at radius 1 is 1.26 bits per heavy atom. The number of hydrogen-bond donors (Lipinski definition) is 3. The van der Waals surface area contributed by atoms with Crippen LogP contribution in [0.15, 0.2) is 59.5 Å². The number of halogens is 1. The van der Waals surface area contributed by atoms with Gasteiger partial charge in [0.1, 0.15) is 5.75 Å². The first-order chi connectivity index (χ1) is 16.8. The lowest BCUT2D eigenvalue weighted by Gasteiger charge is -2.22. The van der Waals surface area contributed by atoms with Crippen LogP contribution in [0.25, 0.3) is 6.08 Å². The summed E-state index contributed by atoms with van der Waals surface area (Å²) in [6.45, 7) is 1.48. The van der Waals surface area contributed by atoms with Gasteiger partial charge in [-0.2, -0.15) is 0 Å². The summed E-state index contributed by atoms with van der Waals surface area (Å²) in [5.41, 5.74) is 1.56. The fourth-order valence-electron chi connectivity index (χ4n) is 5.17. The first-order valence-corrected chi connectivity index (χ1v) is 12.8. The number of hydrogen-bond acceptors (Lipinski definition) is 7. The molecule has 4 atom stereocenters. The van der Waals surface area contributed by atoms with Gasteiger partial charge in [0.2, 0.25) is 0 Å². The van der Waals surface area contributed by atoms with Gasteiger partial charge in [-0.1, -0.05) is 48.6 Å². The number of nitrogens with one attached hydrogen (secondary N) is 1. The van der Waals surface area contributed by atoms with Crippen molar-refractivity contribution in [3.8, 4) is 5.75 Å². The fraction of sp³-hybridized carbons (Fsp3) is 0.375. The quantitative estimate of drug-likeness (QED) is 0.467. The lowest BCUT2D eigenvalue weighted by atomic mass is 10.0. The number of para-hydroxylation sites is 1. The van der Waals surface area contributed by atoms with Crippen LogP contribution < -0.4 is 10.2 Å². The molecule has 0 bridgehead atoms. The van der Waals surface area contributed by atoms with Crippen LogP contribution in [0.5, 0.6) is 5.75 Å². The molecule has 2 heterocycles. The molecule has 3 unspecified atom stereocenters. The smallest absolute Gasteiger partial charge is 0.329 e. The number of aliphatic carboxylic acids is 1. The number of nitrogens with zero attached hydrogens (tertiary/aromatic N) is 2. The maximum atomic E-state index is 15.9. The monoisotopic (exact) mass is 503 g/mol. The van der Waals surface area contributed by atoms with E-state index in [9.17, 15) is 23.4 Å². The molecular weight excluding hydrogens is 477 g/mol. The predicted octanol–water partition coefficient (Wildman–Crippen LogP) is 1.78. The summed E-state index contributed by atoms with van der Waals surface area (Å²) in [4.78, 5) is 12.1. The van der Waals surface area contributed by atoms with Crippen LogP contribution in [0.2, 0.25) is 0 Å². The van der Waals surface area contributed by atoms with E-state index in [2.05, 4.69) is 5.43 Å². The lowest BCUT2D eigenvalue weighted by Crippen LogP contribution is -2.45. The van der Waals surface area contributed by atoms with Crippen molar-refractivity contribution in [2.45, 2.75) is 28.9 Å². The van der Waals surface area contributed by atoms with Crippen LogP contribution in [-0.2, 0) is 14.8 Å². The molecule has 2 aromatic rings. The second-order valence-corrected chi connectivity index (χ2v) is 10.7. The Balaban J connectivity index is 1.41. The fourth-order valence-corrected chi connectivity index (χ4v) is 6.75. The molecule has 186 valence electrons. The van der Waals surface area contributed by atoms with Gasteiger partial charge in [-0.3, -0.25) is 10.2 Å². The van der Waals surface area contributed by atoms with Gasteiger partial charge >= 0.3 is 5.97 Å². The Hall–Kier alpha value is -2.83. The van der Waals surface area contributed by atoms with E-state index in [-0.39, 0.29) is 23.2 Å². The topological polar surface area (TPSA) is 119 Å². The molecule has 2 aromatic carbocycles. The SMILES string of the molecule is O=C(O)C1(N(F)S(=O)(=O)c2ccccc2/C=C\CNN2CC[C@@H](O)C2)C2COc3ccccc3C21. The Labute approximate surface area is 202 Å². The van der Waals surface area contributed by atoms with E-state index in [0.717, 1.165) is 0 Å². The van der Waals surface area contributed by atoms with E-state index in [1.165, 1.54) is 18.2 Å². The zero-order chi connectivity index (χ0) is 24.8. The average molecular weight is 504 g/mol. The number of rotatable bonds is 8. The summed E-state index contributed by atoms with van der Waals surface area (Å²) < 4.78 is 47.9. The number of hydrazine groups is 1. The number of ether oxygens (including phenoxy) is 1. The molecule has 3 N–H and O–H groups in total. The molecule has 9 nitrogen and oxygen atoms in total. The largest absolute Gasteiger partial charge is 0.493 e. The van der Waals surface area contributed by atoms with E-state index in [4.69, 9.17) is 4.74 Å². The zero-order valence-electron chi connectivity index (χ0n) is 18.7. The van der Waals surface area contributed by atoms with Crippen molar-refractivity contribution >= 4 is 22.1 Å². The van der Waals surface area contributed by atoms with E-state index in [1.807, 2.05) is 5.01 Å². The number of carboxylic acids is 1. The summed E-state index contributed by atoms with van der Waals surface area (Å²) in [5, 5.41) is 21.5. The van der Waals surface area contributed by atoms with Crippen molar-refractivity contribution in [1.29, 1.82) is 0 Å². The third kappa shape index (κ3) is 3.93. The Kier molecular flexibility index (Phi) is 6.14. The Morgan fingerprint density at radius 2 is 2.00 bits per heavy atom. The van der Waals surface area contributed by atoms with Gasteiger partial charge in [-0.05, 0) is 28.6 Å². The molecule has 0 aromatic heterocycles. The molecule has 35 heavy (non-hydrogen) atoms. The van der Waals surface area contributed by atoms with Crippen molar-refractivity contribution in [3.05, 3.63) is 65.7 Å². The van der Waals surface area contributed by atoms with Gasteiger partial charge in [-0.25, -0.2) is 13.4 Å². The van der Waals surface area contributed by atoms with Gasteiger partial charge in [-0.15, -0.1) is 4.48 Å². The number of carboxylic acid groups (broad SMARTS) is 1. The highest BCUT2D eigenvalue weighted by Gasteiger charge is 2.79. The number of aliphatic hydroxyl groups is 1.